The van der Waals surface area contributed by atoms with Crippen molar-refractivity contribution in [3.8, 4) is 5.69 Å². The Balaban J connectivity index is 2.13. The number of ketones is 1. The summed E-state index contributed by atoms with van der Waals surface area (Å²) in [5.74, 6) is 0.303. The Bertz CT molecular complexity index is 1400. The molecule has 0 N–H and O–H groups in total. The van der Waals surface area contributed by atoms with Gasteiger partial charge >= 0.3 is 5.69 Å². The van der Waals surface area contributed by atoms with Gasteiger partial charge in [-0.2, -0.15) is 4.98 Å². The van der Waals surface area contributed by atoms with E-state index in [0.717, 1.165) is 28.1 Å². The highest BCUT2D eigenvalue weighted by molar-refractivity contribution is 5.79. The number of aromatic nitrogens is 5. The van der Waals surface area contributed by atoms with Crippen LogP contribution in [0.2, 0.25) is 0 Å². The highest BCUT2D eigenvalue weighted by Gasteiger charge is 2.23. The van der Waals surface area contributed by atoms with E-state index in [1.54, 1.807) is 11.4 Å². The van der Waals surface area contributed by atoms with Crippen LogP contribution in [0.15, 0.2) is 33.9 Å². The highest BCUT2D eigenvalue weighted by Crippen LogP contribution is 2.24. The van der Waals surface area contributed by atoms with Crippen molar-refractivity contribution >= 4 is 22.7 Å². The first-order chi connectivity index (χ1) is 13.8. The average molecular weight is 393 g/mol. The summed E-state index contributed by atoms with van der Waals surface area (Å²) in [4.78, 5) is 42.0. The van der Waals surface area contributed by atoms with Gasteiger partial charge in [-0.3, -0.25) is 27.7 Å². The lowest BCUT2D eigenvalue weighted by molar-refractivity contribution is -0.117. The zero-order valence-electron chi connectivity index (χ0n) is 17.2. The molecule has 4 aromatic rings. The van der Waals surface area contributed by atoms with E-state index in [2.05, 4.69) is 24.0 Å². The molecule has 3 heterocycles. The lowest BCUT2D eigenvalue weighted by Crippen LogP contribution is -2.40. The van der Waals surface area contributed by atoms with E-state index >= 15 is 0 Å². The summed E-state index contributed by atoms with van der Waals surface area (Å²) < 4.78 is 6.05. The number of rotatable bonds is 4. The van der Waals surface area contributed by atoms with E-state index in [1.165, 1.54) is 17.1 Å². The molecule has 0 fully saturated rings. The van der Waals surface area contributed by atoms with Gasteiger partial charge in [-0.05, 0) is 44.9 Å². The van der Waals surface area contributed by atoms with Crippen molar-refractivity contribution in [3.05, 3.63) is 62.1 Å². The molecule has 4 rings (SSSR count). The van der Waals surface area contributed by atoms with Crippen LogP contribution in [0, 0.1) is 13.8 Å². The van der Waals surface area contributed by atoms with E-state index in [0.29, 0.717) is 16.9 Å². The second-order valence-corrected chi connectivity index (χ2v) is 7.38. The molecule has 0 aliphatic heterocycles. The van der Waals surface area contributed by atoms with Crippen LogP contribution in [0.1, 0.15) is 30.8 Å². The predicted molar refractivity (Wildman–Crippen MR) is 111 cm³/mol. The standard InChI is InChI=1S/C21H23N5O3/c1-6-15-7-9-16(10-8-15)25-13(3)14(4)26-17-18(22-20(25)26)23(5)21(29)24(19(17)28)11-12(2)27/h7-10H,6,11H2,1-5H3. The van der Waals surface area contributed by atoms with E-state index < -0.39 is 11.2 Å². The van der Waals surface area contributed by atoms with Gasteiger partial charge in [0, 0.05) is 24.1 Å². The summed E-state index contributed by atoms with van der Waals surface area (Å²) in [5.41, 5.74) is 3.51. The zero-order chi connectivity index (χ0) is 21.0. The molecule has 0 amide bonds. The number of hydrogen-bond donors (Lipinski definition) is 0. The van der Waals surface area contributed by atoms with Crippen molar-refractivity contribution in [2.45, 2.75) is 40.7 Å². The molecule has 150 valence electrons. The third kappa shape index (κ3) is 2.66. The van der Waals surface area contributed by atoms with Crippen LogP contribution in [0.4, 0.5) is 0 Å². The molecule has 0 aliphatic carbocycles. The lowest BCUT2D eigenvalue weighted by atomic mass is 10.1. The Hall–Kier alpha value is -3.42. The topological polar surface area (TPSA) is 83.3 Å². The average Bonchev–Trinajstić information content (AvgIpc) is 3.19. The van der Waals surface area contributed by atoms with Crippen LogP contribution in [0.25, 0.3) is 22.6 Å². The SMILES string of the molecule is CCc1ccc(-n2c(C)c(C)n3c4c(=O)n(CC(C)=O)c(=O)n(C)c4nc23)cc1. The molecule has 0 bridgehead atoms. The second kappa shape index (κ2) is 6.58. The van der Waals surface area contributed by atoms with Gasteiger partial charge < -0.3 is 0 Å². The third-order valence-electron chi connectivity index (χ3n) is 5.50. The van der Waals surface area contributed by atoms with Crippen molar-refractivity contribution in [1.82, 2.24) is 23.1 Å². The fraction of sp³-hybridized carbons (Fsp3) is 0.333. The number of hydrogen-bond acceptors (Lipinski definition) is 4. The Labute approximate surface area is 166 Å². The Morgan fingerprint density at radius 1 is 1.07 bits per heavy atom. The first kappa shape index (κ1) is 18.9. The molecule has 0 spiro atoms. The normalized spacial score (nSPS) is 11.6. The summed E-state index contributed by atoms with van der Waals surface area (Å²) in [5, 5.41) is 0. The number of imidazole rings is 2. The van der Waals surface area contributed by atoms with Gasteiger partial charge in [0.05, 0.1) is 6.54 Å². The number of carbonyl (C=O) groups excluding carboxylic acids is 1. The van der Waals surface area contributed by atoms with Crippen molar-refractivity contribution < 1.29 is 4.79 Å². The first-order valence-corrected chi connectivity index (χ1v) is 9.54. The minimum absolute atomic E-state index is 0.258. The zero-order valence-corrected chi connectivity index (χ0v) is 17.2. The van der Waals surface area contributed by atoms with Crippen LogP contribution < -0.4 is 11.2 Å². The van der Waals surface area contributed by atoms with E-state index in [4.69, 9.17) is 0 Å². The molecular weight excluding hydrogens is 370 g/mol. The van der Waals surface area contributed by atoms with Gasteiger partial charge in [-0.1, -0.05) is 19.1 Å². The molecule has 0 radical (unpaired) electrons. The highest BCUT2D eigenvalue weighted by atomic mass is 16.2. The van der Waals surface area contributed by atoms with Crippen LogP contribution >= 0.6 is 0 Å². The number of fused-ring (bicyclic) bond motifs is 3. The minimum Gasteiger partial charge on any atom is -0.298 e. The number of carbonyl (C=O) groups is 1. The third-order valence-corrected chi connectivity index (χ3v) is 5.50. The second-order valence-electron chi connectivity index (χ2n) is 7.38. The van der Waals surface area contributed by atoms with E-state index in [1.807, 2.05) is 30.5 Å². The molecule has 29 heavy (non-hydrogen) atoms. The number of Topliss-reactive ketones (excluding diaryl/α,β-unsaturated/α-hetero) is 1. The minimum atomic E-state index is -0.549. The van der Waals surface area contributed by atoms with Crippen LogP contribution in [0.3, 0.4) is 0 Å². The van der Waals surface area contributed by atoms with E-state index in [-0.39, 0.29) is 12.3 Å². The van der Waals surface area contributed by atoms with Gasteiger partial charge in [-0.25, -0.2) is 4.79 Å². The maximum atomic E-state index is 13.1. The van der Waals surface area contributed by atoms with Gasteiger partial charge in [0.1, 0.15) is 5.78 Å². The van der Waals surface area contributed by atoms with Crippen molar-refractivity contribution in [3.63, 3.8) is 0 Å². The molecule has 0 saturated carbocycles. The van der Waals surface area contributed by atoms with Crippen molar-refractivity contribution in [2.24, 2.45) is 7.05 Å². The van der Waals surface area contributed by atoms with E-state index in [9.17, 15) is 14.4 Å². The number of benzene rings is 1. The van der Waals surface area contributed by atoms with Crippen LogP contribution in [-0.2, 0) is 24.8 Å². The molecule has 0 unspecified atom stereocenters. The maximum absolute atomic E-state index is 13.1. The Morgan fingerprint density at radius 3 is 2.31 bits per heavy atom. The summed E-state index contributed by atoms with van der Waals surface area (Å²) >= 11 is 0. The number of aryl methyl sites for hydroxylation is 3. The Morgan fingerprint density at radius 2 is 1.72 bits per heavy atom. The fourth-order valence-corrected chi connectivity index (χ4v) is 3.80. The summed E-state index contributed by atoms with van der Waals surface area (Å²) in [7, 11) is 1.57. The first-order valence-electron chi connectivity index (χ1n) is 9.54. The van der Waals surface area contributed by atoms with Gasteiger partial charge in [0.2, 0.25) is 5.78 Å². The van der Waals surface area contributed by atoms with Crippen LogP contribution in [-0.4, -0.2) is 28.9 Å². The molecule has 0 atom stereocenters. The van der Waals surface area contributed by atoms with Crippen molar-refractivity contribution in [2.75, 3.05) is 0 Å². The lowest BCUT2D eigenvalue weighted by Gasteiger charge is -2.08. The number of nitrogens with zero attached hydrogens (tertiary/aromatic N) is 5. The van der Waals surface area contributed by atoms with Gasteiger partial charge in [-0.15, -0.1) is 0 Å². The molecule has 3 aromatic heterocycles. The van der Waals surface area contributed by atoms with Gasteiger partial charge in [0.15, 0.2) is 11.2 Å². The monoisotopic (exact) mass is 393 g/mol. The predicted octanol–water partition coefficient (Wildman–Crippen LogP) is 1.91. The molecular formula is C21H23N5O3. The van der Waals surface area contributed by atoms with Crippen LogP contribution in [0.5, 0.6) is 0 Å². The summed E-state index contributed by atoms with van der Waals surface area (Å²) in [6.45, 7) is 7.09. The molecule has 1 aromatic carbocycles. The Kier molecular flexibility index (Phi) is 4.29. The van der Waals surface area contributed by atoms with Crippen molar-refractivity contribution in [1.29, 1.82) is 0 Å². The summed E-state index contributed by atoms with van der Waals surface area (Å²) in [6, 6.07) is 8.19. The smallest absolute Gasteiger partial charge is 0.298 e. The summed E-state index contributed by atoms with van der Waals surface area (Å²) in [6.07, 6.45) is 0.949. The molecule has 8 nitrogen and oxygen atoms in total. The molecule has 8 heteroatoms. The van der Waals surface area contributed by atoms with Gasteiger partial charge in [0.25, 0.3) is 5.56 Å². The fourth-order valence-electron chi connectivity index (χ4n) is 3.80. The molecule has 0 aliphatic rings. The molecule has 0 saturated heterocycles. The quantitative estimate of drug-likeness (QED) is 0.530. The largest absolute Gasteiger partial charge is 0.332 e. The maximum Gasteiger partial charge on any atom is 0.332 e.